The van der Waals surface area contributed by atoms with Gasteiger partial charge >= 0.3 is 0 Å². The van der Waals surface area contributed by atoms with E-state index in [1.165, 1.54) is 0 Å². The molecular weight excluding hydrogens is 162 g/mol. The fourth-order valence-electron chi connectivity index (χ4n) is 0.911. The highest BCUT2D eigenvalue weighted by Gasteiger charge is 2.00. The molecule has 0 fully saturated rings. The van der Waals surface area contributed by atoms with E-state index >= 15 is 0 Å². The standard InChI is InChI=1S/C9H12O.C2H7N/c1-2-9(10)8-6-4-3-5-7-8;1-3-2/h3-7,9-10H,2H2,1H3;3H,1-2H3. The van der Waals surface area contributed by atoms with Crippen molar-refractivity contribution >= 4 is 0 Å². The molecule has 0 saturated heterocycles. The average Bonchev–Trinajstić information content (AvgIpc) is 2.19. The highest BCUT2D eigenvalue weighted by Crippen LogP contribution is 2.14. The summed E-state index contributed by atoms with van der Waals surface area (Å²) in [5.41, 5.74) is 1.00. The summed E-state index contributed by atoms with van der Waals surface area (Å²) in [6, 6.07) is 9.70. The van der Waals surface area contributed by atoms with E-state index < -0.39 is 0 Å². The molecule has 0 aliphatic heterocycles. The quantitative estimate of drug-likeness (QED) is 0.731. The van der Waals surface area contributed by atoms with Crippen molar-refractivity contribution in [1.82, 2.24) is 5.32 Å². The van der Waals surface area contributed by atoms with Crippen molar-refractivity contribution in [2.45, 2.75) is 19.4 Å². The van der Waals surface area contributed by atoms with E-state index in [1.54, 1.807) is 0 Å². The Labute approximate surface area is 80.6 Å². The molecule has 2 heteroatoms. The van der Waals surface area contributed by atoms with Crippen molar-refractivity contribution in [3.05, 3.63) is 35.9 Å². The summed E-state index contributed by atoms with van der Waals surface area (Å²) in [5, 5.41) is 12.1. The van der Waals surface area contributed by atoms with Crippen LogP contribution >= 0.6 is 0 Å². The molecule has 0 amide bonds. The van der Waals surface area contributed by atoms with Gasteiger partial charge in [-0.25, -0.2) is 0 Å². The fourth-order valence-corrected chi connectivity index (χ4v) is 0.911. The number of nitrogens with one attached hydrogen (secondary N) is 1. The second-order valence-electron chi connectivity index (χ2n) is 2.83. The minimum Gasteiger partial charge on any atom is -0.388 e. The minimum absolute atomic E-state index is 0.291. The first-order chi connectivity index (χ1) is 6.26. The van der Waals surface area contributed by atoms with Crippen molar-refractivity contribution in [2.24, 2.45) is 0 Å². The first kappa shape index (κ1) is 12.1. The Hall–Kier alpha value is -0.860. The van der Waals surface area contributed by atoms with Crippen LogP contribution in [0.25, 0.3) is 0 Å². The lowest BCUT2D eigenvalue weighted by atomic mass is 10.1. The summed E-state index contributed by atoms with van der Waals surface area (Å²) in [5.74, 6) is 0. The summed E-state index contributed by atoms with van der Waals surface area (Å²) < 4.78 is 0. The van der Waals surface area contributed by atoms with E-state index in [1.807, 2.05) is 51.4 Å². The Kier molecular flexibility index (Phi) is 7.26. The third-order valence-corrected chi connectivity index (χ3v) is 1.57. The Balaban J connectivity index is 0.000000424. The average molecular weight is 181 g/mol. The smallest absolute Gasteiger partial charge is 0.0787 e. The predicted octanol–water partition coefficient (Wildman–Crippen LogP) is 1.97. The van der Waals surface area contributed by atoms with Gasteiger partial charge in [-0.2, -0.15) is 0 Å². The third-order valence-electron chi connectivity index (χ3n) is 1.57. The van der Waals surface area contributed by atoms with Crippen molar-refractivity contribution in [2.75, 3.05) is 14.1 Å². The van der Waals surface area contributed by atoms with E-state index in [9.17, 15) is 5.11 Å². The molecule has 0 aromatic heterocycles. The van der Waals surface area contributed by atoms with Crippen LogP contribution in [0.1, 0.15) is 25.0 Å². The maximum atomic E-state index is 9.33. The van der Waals surface area contributed by atoms with Gasteiger partial charge in [0.05, 0.1) is 6.10 Å². The van der Waals surface area contributed by atoms with Gasteiger partial charge in [-0.15, -0.1) is 0 Å². The molecule has 0 aliphatic carbocycles. The zero-order chi connectivity index (χ0) is 10.1. The highest BCUT2D eigenvalue weighted by atomic mass is 16.3. The second kappa shape index (κ2) is 7.77. The largest absolute Gasteiger partial charge is 0.388 e. The van der Waals surface area contributed by atoms with Crippen LogP contribution in [0.4, 0.5) is 0 Å². The molecule has 1 rings (SSSR count). The maximum absolute atomic E-state index is 9.33. The lowest BCUT2D eigenvalue weighted by molar-refractivity contribution is 0.173. The minimum atomic E-state index is -0.291. The van der Waals surface area contributed by atoms with Gasteiger partial charge in [-0.1, -0.05) is 37.3 Å². The second-order valence-corrected chi connectivity index (χ2v) is 2.83. The van der Waals surface area contributed by atoms with Crippen molar-refractivity contribution in [3.63, 3.8) is 0 Å². The molecule has 0 radical (unpaired) electrons. The van der Waals surface area contributed by atoms with Gasteiger partial charge in [0.25, 0.3) is 0 Å². The lowest BCUT2D eigenvalue weighted by Crippen LogP contribution is -1.93. The van der Waals surface area contributed by atoms with Crippen molar-refractivity contribution < 1.29 is 5.11 Å². The van der Waals surface area contributed by atoms with Gasteiger partial charge in [0.15, 0.2) is 0 Å². The summed E-state index contributed by atoms with van der Waals surface area (Å²) in [6.07, 6.45) is 0.491. The number of hydrogen-bond acceptors (Lipinski definition) is 2. The third kappa shape index (κ3) is 5.39. The number of rotatable bonds is 2. The lowest BCUT2D eigenvalue weighted by Gasteiger charge is -2.05. The van der Waals surface area contributed by atoms with Gasteiger partial charge in [-0.3, -0.25) is 0 Å². The molecule has 2 N–H and O–H groups in total. The molecule has 0 bridgehead atoms. The van der Waals surface area contributed by atoms with E-state index in [0.717, 1.165) is 12.0 Å². The van der Waals surface area contributed by atoms with E-state index in [0.29, 0.717) is 0 Å². The van der Waals surface area contributed by atoms with Crippen LogP contribution in [0, 0.1) is 0 Å². The predicted molar refractivity (Wildman–Crippen MR) is 56.7 cm³/mol. The highest BCUT2D eigenvalue weighted by molar-refractivity contribution is 5.16. The molecule has 13 heavy (non-hydrogen) atoms. The number of benzene rings is 1. The molecular formula is C11H19NO. The maximum Gasteiger partial charge on any atom is 0.0787 e. The van der Waals surface area contributed by atoms with Crippen LogP contribution in [0.3, 0.4) is 0 Å². The van der Waals surface area contributed by atoms with Crippen LogP contribution in [0.5, 0.6) is 0 Å². The Morgan fingerprint density at radius 3 is 2.08 bits per heavy atom. The normalized spacial score (nSPS) is 11.4. The number of aliphatic hydroxyl groups is 1. The molecule has 2 nitrogen and oxygen atoms in total. The zero-order valence-corrected chi connectivity index (χ0v) is 8.62. The zero-order valence-electron chi connectivity index (χ0n) is 8.62. The van der Waals surface area contributed by atoms with E-state index in [-0.39, 0.29) is 6.10 Å². The van der Waals surface area contributed by atoms with Gasteiger partial charge in [0.2, 0.25) is 0 Å². The fraction of sp³-hybridized carbons (Fsp3) is 0.455. The van der Waals surface area contributed by atoms with E-state index in [2.05, 4.69) is 5.32 Å². The van der Waals surface area contributed by atoms with Crippen LogP contribution in [0.2, 0.25) is 0 Å². The van der Waals surface area contributed by atoms with Crippen molar-refractivity contribution in [3.8, 4) is 0 Å². The van der Waals surface area contributed by atoms with Crippen LogP contribution in [-0.2, 0) is 0 Å². The van der Waals surface area contributed by atoms with E-state index in [4.69, 9.17) is 0 Å². The Bertz CT molecular complexity index is 199. The first-order valence-corrected chi connectivity index (χ1v) is 4.57. The van der Waals surface area contributed by atoms with Gasteiger partial charge in [-0.05, 0) is 26.1 Å². The first-order valence-electron chi connectivity index (χ1n) is 4.57. The van der Waals surface area contributed by atoms with Crippen LogP contribution in [-0.4, -0.2) is 19.2 Å². The molecule has 1 aromatic carbocycles. The molecule has 1 atom stereocenters. The van der Waals surface area contributed by atoms with Crippen LogP contribution in [0.15, 0.2) is 30.3 Å². The molecule has 1 unspecified atom stereocenters. The Morgan fingerprint density at radius 1 is 1.23 bits per heavy atom. The number of aliphatic hydroxyl groups excluding tert-OH is 1. The monoisotopic (exact) mass is 181 g/mol. The summed E-state index contributed by atoms with van der Waals surface area (Å²) in [6.45, 7) is 1.97. The molecule has 74 valence electrons. The van der Waals surface area contributed by atoms with Crippen molar-refractivity contribution in [1.29, 1.82) is 0 Å². The SMILES string of the molecule is CCC(O)c1ccccc1.CNC. The summed E-state index contributed by atoms with van der Waals surface area (Å²) in [7, 11) is 3.75. The summed E-state index contributed by atoms with van der Waals surface area (Å²) in [4.78, 5) is 0. The van der Waals surface area contributed by atoms with Gasteiger partial charge in [0, 0.05) is 0 Å². The molecule has 0 aliphatic rings. The Morgan fingerprint density at radius 2 is 1.69 bits per heavy atom. The van der Waals surface area contributed by atoms with Gasteiger partial charge in [0.1, 0.15) is 0 Å². The molecule has 1 aromatic rings. The molecule has 0 saturated carbocycles. The number of hydrogen-bond donors (Lipinski definition) is 2. The van der Waals surface area contributed by atoms with Gasteiger partial charge < -0.3 is 10.4 Å². The molecule has 0 heterocycles. The summed E-state index contributed by atoms with van der Waals surface area (Å²) >= 11 is 0. The van der Waals surface area contributed by atoms with Crippen LogP contribution < -0.4 is 5.32 Å². The molecule has 0 spiro atoms. The topological polar surface area (TPSA) is 32.3 Å².